The number of para-hydroxylation sites is 1. The zero-order valence-corrected chi connectivity index (χ0v) is 15.6. The molecule has 4 rings (SSSR count). The lowest BCUT2D eigenvalue weighted by Gasteiger charge is -2.05. The number of furan rings is 1. The molecule has 6 nitrogen and oxygen atoms in total. The molecule has 2 aromatic heterocycles. The number of ketones is 1. The fourth-order valence-corrected chi connectivity index (χ4v) is 3.35. The van der Waals surface area contributed by atoms with Crippen molar-refractivity contribution in [1.82, 2.24) is 9.59 Å². The number of halogens is 1. The highest BCUT2D eigenvalue weighted by Gasteiger charge is 2.25. The van der Waals surface area contributed by atoms with Crippen LogP contribution in [-0.2, 0) is 0 Å². The van der Waals surface area contributed by atoms with Crippen molar-refractivity contribution in [3.8, 4) is 0 Å². The Bertz CT molecular complexity index is 1160. The number of carbonyl (C=O) groups excluding carboxylic acids is 2. The Morgan fingerprint density at radius 3 is 2.56 bits per heavy atom. The summed E-state index contributed by atoms with van der Waals surface area (Å²) in [6.07, 6.45) is 0. The monoisotopic (exact) mass is 397 g/mol. The smallest absolute Gasteiger partial charge is 0.269 e. The van der Waals surface area contributed by atoms with Crippen LogP contribution in [0.3, 0.4) is 0 Å². The number of nitrogens with one attached hydrogen (secondary N) is 1. The van der Waals surface area contributed by atoms with E-state index in [1.54, 1.807) is 49.4 Å². The first-order valence-corrected chi connectivity index (χ1v) is 9.12. The quantitative estimate of drug-likeness (QED) is 0.503. The van der Waals surface area contributed by atoms with Crippen molar-refractivity contribution in [2.24, 2.45) is 0 Å². The average Bonchev–Trinajstić information content (AvgIpc) is 3.26. The predicted octanol–water partition coefficient (Wildman–Crippen LogP) is 4.73. The van der Waals surface area contributed by atoms with Crippen molar-refractivity contribution >= 4 is 51.5 Å². The Kier molecular flexibility index (Phi) is 4.47. The number of fused-ring (bicyclic) bond motifs is 1. The summed E-state index contributed by atoms with van der Waals surface area (Å²) in [6, 6.07) is 13.6. The van der Waals surface area contributed by atoms with E-state index in [2.05, 4.69) is 14.9 Å². The molecule has 134 valence electrons. The minimum Gasteiger partial charge on any atom is -0.450 e. The van der Waals surface area contributed by atoms with Crippen molar-refractivity contribution in [2.75, 3.05) is 5.32 Å². The molecule has 0 spiro atoms. The van der Waals surface area contributed by atoms with Crippen molar-refractivity contribution in [1.29, 1.82) is 0 Å². The van der Waals surface area contributed by atoms with Gasteiger partial charge >= 0.3 is 0 Å². The van der Waals surface area contributed by atoms with Gasteiger partial charge in [-0.2, -0.15) is 0 Å². The van der Waals surface area contributed by atoms with Crippen molar-refractivity contribution in [3.63, 3.8) is 0 Å². The normalized spacial score (nSPS) is 10.9. The summed E-state index contributed by atoms with van der Waals surface area (Å²) < 4.78 is 9.54. The van der Waals surface area contributed by atoms with Crippen LogP contribution in [0.2, 0.25) is 5.02 Å². The van der Waals surface area contributed by atoms with Gasteiger partial charge in [-0.3, -0.25) is 9.59 Å². The van der Waals surface area contributed by atoms with Gasteiger partial charge in [0.05, 0.1) is 11.4 Å². The molecule has 8 heteroatoms. The summed E-state index contributed by atoms with van der Waals surface area (Å²) in [4.78, 5) is 26.0. The minimum absolute atomic E-state index is 0.0574. The zero-order chi connectivity index (χ0) is 19.0. The van der Waals surface area contributed by atoms with Gasteiger partial charge in [-0.05, 0) is 54.9 Å². The molecule has 0 saturated carbocycles. The Morgan fingerprint density at radius 2 is 1.85 bits per heavy atom. The number of amides is 1. The van der Waals surface area contributed by atoms with E-state index < -0.39 is 0 Å². The van der Waals surface area contributed by atoms with Gasteiger partial charge in [0, 0.05) is 16.0 Å². The maximum absolute atomic E-state index is 13.0. The van der Waals surface area contributed by atoms with Crippen LogP contribution in [-0.4, -0.2) is 21.3 Å². The summed E-state index contributed by atoms with van der Waals surface area (Å²) in [5, 5.41) is 7.80. The van der Waals surface area contributed by atoms with E-state index in [1.165, 1.54) is 0 Å². The molecular formula is C19H12ClN3O3S. The second-order valence-corrected chi connectivity index (χ2v) is 6.97. The second kappa shape index (κ2) is 6.94. The molecule has 0 saturated heterocycles. The van der Waals surface area contributed by atoms with E-state index in [-0.39, 0.29) is 17.5 Å². The number of aromatic nitrogens is 2. The van der Waals surface area contributed by atoms with Crippen molar-refractivity contribution in [2.45, 2.75) is 6.92 Å². The van der Waals surface area contributed by atoms with Crippen LogP contribution in [0.5, 0.6) is 0 Å². The van der Waals surface area contributed by atoms with E-state index in [0.717, 1.165) is 11.5 Å². The number of aryl methyl sites for hydroxylation is 1. The van der Waals surface area contributed by atoms with Gasteiger partial charge in [0.25, 0.3) is 5.91 Å². The van der Waals surface area contributed by atoms with E-state index in [0.29, 0.717) is 37.8 Å². The number of hydrogen-bond acceptors (Lipinski definition) is 6. The average molecular weight is 398 g/mol. The molecule has 1 amide bonds. The third-order valence-corrected chi connectivity index (χ3v) is 5.08. The van der Waals surface area contributed by atoms with Gasteiger partial charge < -0.3 is 9.73 Å². The number of benzene rings is 2. The molecule has 0 atom stereocenters. The fraction of sp³-hybridized carbons (Fsp3) is 0.0526. The van der Waals surface area contributed by atoms with Gasteiger partial charge in [-0.25, -0.2) is 0 Å². The molecule has 27 heavy (non-hydrogen) atoms. The highest BCUT2D eigenvalue weighted by Crippen LogP contribution is 2.33. The van der Waals surface area contributed by atoms with Gasteiger partial charge in [0.2, 0.25) is 5.78 Å². The Morgan fingerprint density at radius 1 is 1.11 bits per heavy atom. The first-order chi connectivity index (χ1) is 13.0. The molecule has 0 radical (unpaired) electrons. The fourth-order valence-electron chi connectivity index (χ4n) is 2.67. The molecule has 2 aromatic carbocycles. The second-order valence-electron chi connectivity index (χ2n) is 5.78. The van der Waals surface area contributed by atoms with Gasteiger partial charge in [-0.1, -0.05) is 28.2 Å². The minimum atomic E-state index is -0.390. The van der Waals surface area contributed by atoms with Crippen LogP contribution in [0.25, 0.3) is 11.0 Å². The van der Waals surface area contributed by atoms with Crippen LogP contribution in [0.1, 0.15) is 31.5 Å². The topological polar surface area (TPSA) is 85.1 Å². The highest BCUT2D eigenvalue weighted by molar-refractivity contribution is 7.08. The maximum Gasteiger partial charge on any atom is 0.269 e. The number of hydrogen-bond donors (Lipinski definition) is 1. The molecule has 2 heterocycles. The standard InChI is InChI=1S/C19H12ClN3O3S/c1-10-18(27-23-22-10)19(25)21-15-13-4-2-3-5-14(13)26-17(15)16(24)11-6-8-12(20)9-7-11/h2-9H,1H3,(H,21,25). The number of carbonyl (C=O) groups is 2. The van der Waals surface area contributed by atoms with Gasteiger partial charge in [0.1, 0.15) is 10.5 Å². The molecule has 4 aromatic rings. The predicted molar refractivity (Wildman–Crippen MR) is 104 cm³/mol. The van der Waals surface area contributed by atoms with Gasteiger partial charge in [0.15, 0.2) is 5.76 Å². The van der Waals surface area contributed by atoms with Crippen LogP contribution in [0.15, 0.2) is 52.9 Å². The number of rotatable bonds is 4. The third kappa shape index (κ3) is 3.22. The summed E-state index contributed by atoms with van der Waals surface area (Å²) in [5.74, 6) is -0.682. The third-order valence-electron chi connectivity index (χ3n) is 4.00. The summed E-state index contributed by atoms with van der Waals surface area (Å²) in [6.45, 7) is 1.70. The molecule has 0 bridgehead atoms. The van der Waals surface area contributed by atoms with E-state index in [1.807, 2.05) is 6.07 Å². The van der Waals surface area contributed by atoms with Gasteiger partial charge in [-0.15, -0.1) is 5.10 Å². The Balaban J connectivity index is 1.80. The first-order valence-electron chi connectivity index (χ1n) is 7.96. The molecule has 0 aliphatic carbocycles. The number of anilines is 1. The zero-order valence-electron chi connectivity index (χ0n) is 14.0. The van der Waals surface area contributed by atoms with E-state index >= 15 is 0 Å². The molecule has 0 unspecified atom stereocenters. The van der Waals surface area contributed by atoms with Crippen LogP contribution >= 0.6 is 23.1 Å². The Hall–Kier alpha value is -3.03. The molecule has 0 aliphatic rings. The SMILES string of the molecule is Cc1nnsc1C(=O)Nc1c(C(=O)c2ccc(Cl)cc2)oc2ccccc12. The molecule has 0 fully saturated rings. The lowest BCUT2D eigenvalue weighted by atomic mass is 10.1. The van der Waals surface area contributed by atoms with E-state index in [4.69, 9.17) is 16.0 Å². The van der Waals surface area contributed by atoms with E-state index in [9.17, 15) is 9.59 Å². The lowest BCUT2D eigenvalue weighted by Crippen LogP contribution is -2.14. The summed E-state index contributed by atoms with van der Waals surface area (Å²) in [7, 11) is 0. The Labute approximate surface area is 162 Å². The van der Waals surface area contributed by atoms with Crippen LogP contribution in [0.4, 0.5) is 5.69 Å². The van der Waals surface area contributed by atoms with Crippen LogP contribution in [0, 0.1) is 6.92 Å². The maximum atomic E-state index is 13.0. The first kappa shape index (κ1) is 17.4. The van der Waals surface area contributed by atoms with Crippen molar-refractivity contribution < 1.29 is 14.0 Å². The molecular weight excluding hydrogens is 386 g/mol. The largest absolute Gasteiger partial charge is 0.450 e. The molecule has 1 N–H and O–H groups in total. The molecule has 0 aliphatic heterocycles. The highest BCUT2D eigenvalue weighted by atomic mass is 35.5. The summed E-state index contributed by atoms with van der Waals surface area (Å²) >= 11 is 6.89. The number of nitrogens with zero attached hydrogens (tertiary/aromatic N) is 2. The lowest BCUT2D eigenvalue weighted by molar-refractivity contribution is 0.101. The summed E-state index contributed by atoms with van der Waals surface area (Å²) in [5.41, 5.74) is 1.76. The van der Waals surface area contributed by atoms with Crippen molar-refractivity contribution in [3.05, 3.63) is 75.4 Å². The van der Waals surface area contributed by atoms with Crippen LogP contribution < -0.4 is 5.32 Å².